The Bertz CT molecular complexity index is 499. The molecule has 20 heavy (non-hydrogen) atoms. The second-order valence-corrected chi connectivity index (χ2v) is 5.64. The lowest BCUT2D eigenvalue weighted by Gasteiger charge is -2.32. The first-order chi connectivity index (χ1) is 9.56. The first-order valence-corrected chi connectivity index (χ1v) is 7.25. The van der Waals surface area contributed by atoms with Gasteiger partial charge >= 0.3 is 0 Å². The third kappa shape index (κ3) is 3.07. The average molecular weight is 343 g/mol. The maximum Gasteiger partial charge on any atom is 0.257 e. The van der Waals surface area contributed by atoms with Crippen LogP contribution in [0.1, 0.15) is 10.4 Å². The lowest BCUT2D eigenvalue weighted by atomic mass is 10.1. The molecule has 1 amide bonds. The maximum absolute atomic E-state index is 12.7. The molecular weight excluding hydrogens is 324 g/mol. The van der Waals surface area contributed by atoms with Crippen LogP contribution in [0.3, 0.4) is 0 Å². The van der Waals surface area contributed by atoms with Crippen LogP contribution in [0.15, 0.2) is 16.6 Å². The molecule has 1 heterocycles. The molecular formula is C14H19BrN2O3. The van der Waals surface area contributed by atoms with Gasteiger partial charge in [-0.1, -0.05) is 0 Å². The number of hydrogen-bond donors (Lipinski definition) is 0. The van der Waals surface area contributed by atoms with Crippen LogP contribution in [-0.4, -0.2) is 63.2 Å². The second kappa shape index (κ2) is 6.45. The number of likely N-dealkylation sites (N-methyl/N-ethyl adjacent to an activating group) is 1. The van der Waals surface area contributed by atoms with Crippen molar-refractivity contribution < 1.29 is 14.3 Å². The number of halogens is 1. The molecule has 1 aromatic rings. The summed E-state index contributed by atoms with van der Waals surface area (Å²) in [5, 5.41) is 0. The topological polar surface area (TPSA) is 42.0 Å². The van der Waals surface area contributed by atoms with Crippen LogP contribution >= 0.6 is 15.9 Å². The number of methoxy groups -OCH3 is 2. The molecule has 2 rings (SSSR count). The Kier molecular flexibility index (Phi) is 4.88. The van der Waals surface area contributed by atoms with E-state index < -0.39 is 0 Å². The van der Waals surface area contributed by atoms with Crippen LogP contribution in [0.5, 0.6) is 11.5 Å². The van der Waals surface area contributed by atoms with E-state index in [1.807, 2.05) is 4.90 Å². The van der Waals surface area contributed by atoms with Crippen molar-refractivity contribution >= 4 is 21.8 Å². The molecule has 0 N–H and O–H groups in total. The van der Waals surface area contributed by atoms with Crippen molar-refractivity contribution in [3.05, 3.63) is 22.2 Å². The van der Waals surface area contributed by atoms with Gasteiger partial charge in [0.25, 0.3) is 5.91 Å². The van der Waals surface area contributed by atoms with Gasteiger partial charge in [-0.3, -0.25) is 4.79 Å². The molecule has 1 aliphatic rings. The van der Waals surface area contributed by atoms with Crippen molar-refractivity contribution in [3.63, 3.8) is 0 Å². The van der Waals surface area contributed by atoms with E-state index in [1.54, 1.807) is 26.4 Å². The third-order valence-corrected chi connectivity index (χ3v) is 4.07. The van der Waals surface area contributed by atoms with E-state index in [0.29, 0.717) is 17.1 Å². The van der Waals surface area contributed by atoms with Gasteiger partial charge in [0.15, 0.2) is 0 Å². The highest BCUT2D eigenvalue weighted by Gasteiger charge is 2.24. The summed E-state index contributed by atoms with van der Waals surface area (Å²) in [4.78, 5) is 16.7. The zero-order valence-corrected chi connectivity index (χ0v) is 13.6. The minimum atomic E-state index is -0.0189. The van der Waals surface area contributed by atoms with E-state index in [0.717, 1.165) is 30.7 Å². The summed E-state index contributed by atoms with van der Waals surface area (Å²) in [7, 11) is 5.20. The van der Waals surface area contributed by atoms with Crippen LogP contribution < -0.4 is 9.47 Å². The Morgan fingerprint density at radius 2 is 1.80 bits per heavy atom. The van der Waals surface area contributed by atoms with Crippen molar-refractivity contribution in [1.29, 1.82) is 0 Å². The SMILES string of the molecule is COc1cc(Br)c(OC)c(C(=O)N2CCN(C)CC2)c1. The van der Waals surface area contributed by atoms with E-state index in [-0.39, 0.29) is 5.91 Å². The molecule has 1 aliphatic heterocycles. The lowest BCUT2D eigenvalue weighted by molar-refractivity contribution is 0.0660. The molecule has 1 saturated heterocycles. The average Bonchev–Trinajstić information content (AvgIpc) is 2.46. The Morgan fingerprint density at radius 1 is 1.15 bits per heavy atom. The smallest absolute Gasteiger partial charge is 0.257 e. The molecule has 110 valence electrons. The summed E-state index contributed by atoms with van der Waals surface area (Å²) in [6.45, 7) is 3.24. The molecule has 0 saturated carbocycles. The van der Waals surface area contributed by atoms with Gasteiger partial charge in [0, 0.05) is 26.2 Å². The van der Waals surface area contributed by atoms with Gasteiger partial charge < -0.3 is 19.3 Å². The van der Waals surface area contributed by atoms with Crippen molar-refractivity contribution in [1.82, 2.24) is 9.80 Å². The lowest BCUT2D eigenvalue weighted by Crippen LogP contribution is -2.47. The molecule has 0 aromatic heterocycles. The molecule has 0 atom stereocenters. The van der Waals surface area contributed by atoms with Crippen LogP contribution in [-0.2, 0) is 0 Å². The predicted molar refractivity (Wildman–Crippen MR) is 80.6 cm³/mol. The van der Waals surface area contributed by atoms with Crippen molar-refractivity contribution in [2.75, 3.05) is 47.4 Å². The Labute approximate surface area is 127 Å². The van der Waals surface area contributed by atoms with Crippen molar-refractivity contribution in [3.8, 4) is 11.5 Å². The van der Waals surface area contributed by atoms with Gasteiger partial charge in [0.1, 0.15) is 11.5 Å². The highest BCUT2D eigenvalue weighted by molar-refractivity contribution is 9.10. The minimum Gasteiger partial charge on any atom is -0.497 e. The summed E-state index contributed by atoms with van der Waals surface area (Å²) in [6.07, 6.45) is 0. The van der Waals surface area contributed by atoms with Gasteiger partial charge in [-0.05, 0) is 35.1 Å². The molecule has 0 bridgehead atoms. The van der Waals surface area contributed by atoms with Crippen LogP contribution in [0.2, 0.25) is 0 Å². The first kappa shape index (κ1) is 15.1. The Morgan fingerprint density at radius 3 is 2.35 bits per heavy atom. The van der Waals surface area contributed by atoms with Crippen LogP contribution in [0, 0.1) is 0 Å². The van der Waals surface area contributed by atoms with Gasteiger partial charge in [0.2, 0.25) is 0 Å². The highest BCUT2D eigenvalue weighted by Crippen LogP contribution is 2.34. The van der Waals surface area contributed by atoms with Crippen LogP contribution in [0.4, 0.5) is 0 Å². The van der Waals surface area contributed by atoms with Crippen LogP contribution in [0.25, 0.3) is 0 Å². The van der Waals surface area contributed by atoms with Crippen molar-refractivity contribution in [2.24, 2.45) is 0 Å². The fourth-order valence-corrected chi connectivity index (χ4v) is 2.83. The number of carbonyl (C=O) groups excluding carboxylic acids is 1. The summed E-state index contributed by atoms with van der Waals surface area (Å²) in [6, 6.07) is 3.52. The molecule has 6 heteroatoms. The summed E-state index contributed by atoms with van der Waals surface area (Å²) in [5.41, 5.74) is 0.531. The normalized spacial score (nSPS) is 16.1. The van der Waals surface area contributed by atoms with E-state index in [1.165, 1.54) is 0 Å². The Hall–Kier alpha value is -1.27. The molecule has 0 spiro atoms. The quantitative estimate of drug-likeness (QED) is 0.840. The number of rotatable bonds is 3. The molecule has 5 nitrogen and oxygen atoms in total. The molecule has 1 fully saturated rings. The van der Waals surface area contributed by atoms with Crippen molar-refractivity contribution in [2.45, 2.75) is 0 Å². The maximum atomic E-state index is 12.7. The summed E-state index contributed by atoms with van der Waals surface area (Å²) < 4.78 is 11.3. The van der Waals surface area contributed by atoms with Gasteiger partial charge in [0.05, 0.1) is 24.3 Å². The second-order valence-electron chi connectivity index (χ2n) is 4.79. The highest BCUT2D eigenvalue weighted by atomic mass is 79.9. The zero-order valence-electron chi connectivity index (χ0n) is 12.0. The summed E-state index contributed by atoms with van der Waals surface area (Å²) >= 11 is 3.42. The minimum absolute atomic E-state index is 0.0189. The predicted octanol–water partition coefficient (Wildman–Crippen LogP) is 1.85. The molecule has 0 unspecified atom stereocenters. The number of piperazine rings is 1. The van der Waals surface area contributed by atoms with Gasteiger partial charge in [-0.2, -0.15) is 0 Å². The number of ether oxygens (including phenoxy) is 2. The summed E-state index contributed by atoms with van der Waals surface area (Å²) in [5.74, 6) is 1.17. The number of carbonyl (C=O) groups is 1. The van der Waals surface area contributed by atoms with Gasteiger partial charge in [-0.15, -0.1) is 0 Å². The fourth-order valence-electron chi connectivity index (χ4n) is 2.23. The molecule has 1 aromatic carbocycles. The first-order valence-electron chi connectivity index (χ1n) is 6.46. The number of benzene rings is 1. The third-order valence-electron chi connectivity index (χ3n) is 3.48. The number of hydrogen-bond acceptors (Lipinski definition) is 4. The van der Waals surface area contributed by atoms with E-state index >= 15 is 0 Å². The zero-order chi connectivity index (χ0) is 14.7. The monoisotopic (exact) mass is 342 g/mol. The van der Waals surface area contributed by atoms with E-state index in [9.17, 15) is 4.79 Å². The van der Waals surface area contributed by atoms with Gasteiger partial charge in [-0.25, -0.2) is 0 Å². The number of amides is 1. The number of nitrogens with zero attached hydrogens (tertiary/aromatic N) is 2. The largest absolute Gasteiger partial charge is 0.497 e. The Balaban J connectivity index is 2.30. The molecule has 0 radical (unpaired) electrons. The van der Waals surface area contributed by atoms with E-state index in [2.05, 4.69) is 27.9 Å². The molecule has 0 aliphatic carbocycles. The van der Waals surface area contributed by atoms with E-state index in [4.69, 9.17) is 9.47 Å². The fraction of sp³-hybridized carbons (Fsp3) is 0.500. The standard InChI is InChI=1S/C14H19BrN2O3/c1-16-4-6-17(7-5-16)14(18)11-8-10(19-2)9-12(15)13(11)20-3/h8-9H,4-7H2,1-3H3.